The van der Waals surface area contributed by atoms with Crippen LogP contribution in [-0.4, -0.2) is 26.2 Å². The first-order chi connectivity index (χ1) is 5.81. The zero-order valence-electron chi connectivity index (χ0n) is 6.29. The van der Waals surface area contributed by atoms with E-state index in [1.54, 1.807) is 11.8 Å². The van der Waals surface area contributed by atoms with Crippen LogP contribution in [0.15, 0.2) is 11.4 Å². The molecule has 2 N–H and O–H groups in total. The van der Waals surface area contributed by atoms with Gasteiger partial charge in [-0.3, -0.25) is 0 Å². The van der Waals surface area contributed by atoms with Gasteiger partial charge in [0.2, 0.25) is 0 Å². The van der Waals surface area contributed by atoms with E-state index in [0.29, 0.717) is 4.77 Å². The fourth-order valence-corrected chi connectivity index (χ4v) is 1.69. The van der Waals surface area contributed by atoms with Crippen LogP contribution in [0, 0.1) is 4.77 Å². The van der Waals surface area contributed by atoms with Gasteiger partial charge in [0, 0.05) is 0 Å². The number of nitrogens with zero attached hydrogens (tertiary/aromatic N) is 2. The molecule has 0 aliphatic heterocycles. The Morgan fingerprint density at radius 1 is 1.42 bits per heavy atom. The highest BCUT2D eigenvalue weighted by Crippen LogP contribution is 2.18. The van der Waals surface area contributed by atoms with Crippen LogP contribution in [0.3, 0.4) is 0 Å². The number of thioether (sulfide) groups is 1. The number of H-pyrrole nitrogens is 2. The van der Waals surface area contributed by atoms with Crippen LogP contribution in [-0.2, 0) is 0 Å². The van der Waals surface area contributed by atoms with Crippen LogP contribution in [0.1, 0.15) is 0 Å². The van der Waals surface area contributed by atoms with Gasteiger partial charge >= 0.3 is 0 Å². The van der Waals surface area contributed by atoms with Crippen molar-refractivity contribution in [3.63, 3.8) is 0 Å². The Morgan fingerprint density at radius 3 is 3.00 bits per heavy atom. The third-order valence-electron chi connectivity index (χ3n) is 1.48. The van der Waals surface area contributed by atoms with E-state index in [2.05, 4.69) is 19.9 Å². The number of fused-ring (bicyclic) bond motifs is 1. The Hall–Kier alpha value is -0.880. The van der Waals surface area contributed by atoms with Crippen LogP contribution in [0.5, 0.6) is 0 Å². The Balaban J connectivity index is 2.87. The van der Waals surface area contributed by atoms with Gasteiger partial charge in [-0.2, -0.15) is 0 Å². The molecule has 2 aromatic heterocycles. The third kappa shape index (κ3) is 1.12. The Labute approximate surface area is 77.8 Å². The molecule has 0 bridgehead atoms. The second-order valence-corrected chi connectivity index (χ2v) is 3.39. The summed E-state index contributed by atoms with van der Waals surface area (Å²) >= 11 is 6.50. The van der Waals surface area contributed by atoms with Crippen molar-refractivity contribution < 1.29 is 0 Å². The highest BCUT2D eigenvalue weighted by Gasteiger charge is 2.03. The molecular weight excluding hydrogens is 192 g/mol. The summed E-state index contributed by atoms with van der Waals surface area (Å²) in [6.07, 6.45) is 3.49. The maximum Gasteiger partial charge on any atom is 0.176 e. The second-order valence-electron chi connectivity index (χ2n) is 2.19. The SMILES string of the molecule is CSc1ncnc2[nH]c(=S)[nH]c12. The molecular formula is C6H6N4S2. The van der Waals surface area contributed by atoms with Crippen molar-refractivity contribution in [3.8, 4) is 0 Å². The maximum atomic E-state index is 4.93. The lowest BCUT2D eigenvalue weighted by atomic mass is 10.6. The topological polar surface area (TPSA) is 57.4 Å². The second kappa shape index (κ2) is 2.87. The highest BCUT2D eigenvalue weighted by atomic mass is 32.2. The monoisotopic (exact) mass is 198 g/mol. The number of aromatic amines is 2. The molecule has 2 aromatic rings. The van der Waals surface area contributed by atoms with Gasteiger partial charge in [0.15, 0.2) is 10.4 Å². The van der Waals surface area contributed by atoms with E-state index in [-0.39, 0.29) is 0 Å². The molecule has 2 heterocycles. The van der Waals surface area contributed by atoms with Gasteiger partial charge in [-0.25, -0.2) is 9.97 Å². The minimum absolute atomic E-state index is 0.584. The summed E-state index contributed by atoms with van der Waals surface area (Å²) < 4.78 is 0.584. The smallest absolute Gasteiger partial charge is 0.176 e. The standard InChI is InChI=1S/C6H6N4S2/c1-12-5-3-4(7-2-8-5)10-6(11)9-3/h2H,1H3,(H2,7,8,9,10,11). The maximum absolute atomic E-state index is 4.93. The zero-order chi connectivity index (χ0) is 8.55. The summed E-state index contributed by atoms with van der Waals surface area (Å²) in [6.45, 7) is 0. The van der Waals surface area contributed by atoms with Crippen molar-refractivity contribution in [2.24, 2.45) is 0 Å². The van der Waals surface area contributed by atoms with Gasteiger partial charge in [0.05, 0.1) is 0 Å². The number of aromatic nitrogens is 4. The predicted molar refractivity (Wildman–Crippen MR) is 50.9 cm³/mol. The molecule has 0 saturated carbocycles. The van der Waals surface area contributed by atoms with Crippen molar-refractivity contribution in [2.75, 3.05) is 6.26 Å². The predicted octanol–water partition coefficient (Wildman–Crippen LogP) is 1.74. The lowest BCUT2D eigenvalue weighted by Gasteiger charge is -1.93. The van der Waals surface area contributed by atoms with Gasteiger partial charge in [-0.15, -0.1) is 11.8 Å². The average molecular weight is 198 g/mol. The van der Waals surface area contributed by atoms with E-state index >= 15 is 0 Å². The molecule has 0 amide bonds. The van der Waals surface area contributed by atoms with Crippen molar-refractivity contribution in [2.45, 2.75) is 5.03 Å². The van der Waals surface area contributed by atoms with Crippen molar-refractivity contribution in [1.82, 2.24) is 19.9 Å². The summed E-state index contributed by atoms with van der Waals surface area (Å²) in [4.78, 5) is 14.0. The molecule has 0 aromatic carbocycles. The van der Waals surface area contributed by atoms with Crippen LogP contribution < -0.4 is 0 Å². The van der Waals surface area contributed by atoms with Crippen LogP contribution in [0.25, 0.3) is 11.2 Å². The number of hydrogen-bond acceptors (Lipinski definition) is 4. The molecule has 0 aliphatic carbocycles. The fourth-order valence-electron chi connectivity index (χ4n) is 0.984. The quantitative estimate of drug-likeness (QED) is 0.416. The van der Waals surface area contributed by atoms with Gasteiger partial charge in [-0.05, 0) is 18.5 Å². The molecule has 62 valence electrons. The van der Waals surface area contributed by atoms with E-state index in [1.807, 2.05) is 6.26 Å². The molecule has 12 heavy (non-hydrogen) atoms. The van der Waals surface area contributed by atoms with Gasteiger partial charge < -0.3 is 9.97 Å². The fraction of sp³-hybridized carbons (Fsp3) is 0.167. The Kier molecular flexibility index (Phi) is 1.86. The minimum Gasteiger partial charge on any atom is -0.327 e. The van der Waals surface area contributed by atoms with Crippen LogP contribution >= 0.6 is 24.0 Å². The number of nitrogens with one attached hydrogen (secondary N) is 2. The van der Waals surface area contributed by atoms with Gasteiger partial charge in [0.1, 0.15) is 16.9 Å². The van der Waals surface area contributed by atoms with Gasteiger partial charge in [-0.1, -0.05) is 0 Å². The molecule has 0 atom stereocenters. The highest BCUT2D eigenvalue weighted by molar-refractivity contribution is 7.98. The van der Waals surface area contributed by atoms with Crippen LogP contribution in [0.2, 0.25) is 0 Å². The van der Waals surface area contributed by atoms with Crippen LogP contribution in [0.4, 0.5) is 0 Å². The number of imidazole rings is 1. The molecule has 2 rings (SSSR count). The number of hydrogen-bond donors (Lipinski definition) is 2. The van der Waals surface area contributed by atoms with Crippen molar-refractivity contribution in [1.29, 1.82) is 0 Å². The normalized spacial score (nSPS) is 10.8. The minimum atomic E-state index is 0.584. The Bertz CT molecular complexity index is 458. The summed E-state index contributed by atoms with van der Waals surface area (Å²) in [7, 11) is 0. The first-order valence-electron chi connectivity index (χ1n) is 3.28. The van der Waals surface area contributed by atoms with E-state index in [0.717, 1.165) is 16.2 Å². The number of rotatable bonds is 1. The lowest BCUT2D eigenvalue weighted by Crippen LogP contribution is -1.83. The van der Waals surface area contributed by atoms with E-state index in [4.69, 9.17) is 12.2 Å². The van der Waals surface area contributed by atoms with Crippen molar-refractivity contribution in [3.05, 3.63) is 11.1 Å². The Morgan fingerprint density at radius 2 is 2.25 bits per heavy atom. The summed E-state index contributed by atoms with van der Waals surface area (Å²) in [5, 5.41) is 0.910. The van der Waals surface area contributed by atoms with E-state index in [9.17, 15) is 0 Å². The molecule has 0 saturated heterocycles. The van der Waals surface area contributed by atoms with Gasteiger partial charge in [0.25, 0.3) is 0 Å². The first-order valence-corrected chi connectivity index (χ1v) is 4.91. The first kappa shape index (κ1) is 7.75. The van der Waals surface area contributed by atoms with E-state index in [1.165, 1.54) is 6.33 Å². The largest absolute Gasteiger partial charge is 0.327 e. The molecule has 0 radical (unpaired) electrons. The molecule has 4 nitrogen and oxygen atoms in total. The van der Waals surface area contributed by atoms with E-state index < -0.39 is 0 Å². The summed E-state index contributed by atoms with van der Waals surface area (Å²) in [5.41, 5.74) is 1.65. The molecule has 0 aliphatic rings. The zero-order valence-corrected chi connectivity index (χ0v) is 7.92. The van der Waals surface area contributed by atoms with Crippen molar-refractivity contribution >= 4 is 35.1 Å². The molecule has 6 heteroatoms. The third-order valence-corrected chi connectivity index (χ3v) is 2.38. The lowest BCUT2D eigenvalue weighted by molar-refractivity contribution is 1.09. The summed E-state index contributed by atoms with van der Waals surface area (Å²) in [5.74, 6) is 0. The molecule has 0 fully saturated rings. The summed E-state index contributed by atoms with van der Waals surface area (Å²) in [6, 6.07) is 0. The molecule has 0 unspecified atom stereocenters. The average Bonchev–Trinajstić information content (AvgIpc) is 2.44. The molecule has 0 spiro atoms.